The van der Waals surface area contributed by atoms with Crippen LogP contribution in [-0.2, 0) is 9.59 Å². The third-order valence-electron chi connectivity index (χ3n) is 2.84. The Bertz CT molecular complexity index is 790. The molecule has 0 saturated carbocycles. The van der Waals surface area contributed by atoms with Crippen molar-refractivity contribution in [3.05, 3.63) is 29.8 Å². The van der Waals surface area contributed by atoms with Crippen LogP contribution >= 0.6 is 23.1 Å². The molecule has 0 unspecified atom stereocenters. The van der Waals surface area contributed by atoms with Crippen molar-refractivity contribution in [3.8, 4) is 0 Å². The number of thioether (sulfide) groups is 1. The van der Waals surface area contributed by atoms with E-state index in [2.05, 4.69) is 20.8 Å². The number of nitrogens with one attached hydrogen (secondary N) is 2. The van der Waals surface area contributed by atoms with E-state index in [1.54, 1.807) is 20.8 Å². The first-order valence-corrected chi connectivity index (χ1v) is 8.98. The Kier molecular flexibility index (Phi) is 6.07. The quantitative estimate of drug-likeness (QED) is 0.607. The zero-order chi connectivity index (χ0) is 18.6. The number of carbonyl (C=O) groups is 2. The van der Waals surface area contributed by atoms with Crippen LogP contribution in [0.2, 0.25) is 0 Å². The average molecular weight is 386 g/mol. The summed E-state index contributed by atoms with van der Waals surface area (Å²) in [6, 6.07) is 2.90. The van der Waals surface area contributed by atoms with Crippen LogP contribution in [-0.4, -0.2) is 27.8 Å². The molecular weight excluding hydrogens is 370 g/mol. The van der Waals surface area contributed by atoms with Gasteiger partial charge < -0.3 is 10.6 Å². The summed E-state index contributed by atoms with van der Waals surface area (Å²) in [5.74, 6) is -2.25. The zero-order valence-corrected chi connectivity index (χ0v) is 15.4. The van der Waals surface area contributed by atoms with Crippen molar-refractivity contribution < 1.29 is 18.4 Å². The molecule has 2 amide bonds. The molecule has 1 aromatic carbocycles. The van der Waals surface area contributed by atoms with Gasteiger partial charge in [-0.15, -0.1) is 10.2 Å². The summed E-state index contributed by atoms with van der Waals surface area (Å²) in [6.45, 7) is 5.33. The van der Waals surface area contributed by atoms with Crippen molar-refractivity contribution in [1.82, 2.24) is 10.2 Å². The molecule has 0 fully saturated rings. The molecule has 0 aliphatic heterocycles. The van der Waals surface area contributed by atoms with Crippen LogP contribution in [0.4, 0.5) is 19.6 Å². The predicted octanol–water partition coefficient (Wildman–Crippen LogP) is 3.53. The van der Waals surface area contributed by atoms with Crippen LogP contribution in [0.5, 0.6) is 0 Å². The monoisotopic (exact) mass is 386 g/mol. The first-order chi connectivity index (χ1) is 11.6. The summed E-state index contributed by atoms with van der Waals surface area (Å²) in [4.78, 5) is 23.7. The van der Waals surface area contributed by atoms with Gasteiger partial charge in [0.1, 0.15) is 11.6 Å². The van der Waals surface area contributed by atoms with Crippen molar-refractivity contribution >= 4 is 45.7 Å². The molecular formula is C15H16F2N4O2S2. The summed E-state index contributed by atoms with van der Waals surface area (Å²) in [7, 11) is 0. The van der Waals surface area contributed by atoms with Crippen molar-refractivity contribution in [2.75, 3.05) is 16.4 Å². The van der Waals surface area contributed by atoms with Crippen LogP contribution in [0.15, 0.2) is 22.5 Å². The van der Waals surface area contributed by atoms with Crippen molar-refractivity contribution in [3.63, 3.8) is 0 Å². The van der Waals surface area contributed by atoms with Crippen molar-refractivity contribution in [2.45, 2.75) is 25.1 Å². The number of aromatic nitrogens is 2. The standard InChI is InChI=1S/C15H16F2N4O2S2/c1-15(2,3)12(23)19-13-20-21-14(25-13)24-7-11(22)18-10-5-4-8(16)6-9(10)17/h4-6H,7H2,1-3H3,(H,18,22)(H,19,20,23). The minimum Gasteiger partial charge on any atom is -0.323 e. The van der Waals surface area contributed by atoms with Crippen molar-refractivity contribution in [1.29, 1.82) is 0 Å². The molecule has 0 saturated heterocycles. The van der Waals surface area contributed by atoms with Crippen LogP contribution in [0.25, 0.3) is 0 Å². The van der Waals surface area contributed by atoms with E-state index in [1.807, 2.05) is 0 Å². The van der Waals surface area contributed by atoms with Gasteiger partial charge in [0.2, 0.25) is 16.9 Å². The smallest absolute Gasteiger partial charge is 0.234 e. The summed E-state index contributed by atoms with van der Waals surface area (Å²) in [5.41, 5.74) is -0.652. The number of hydrogen-bond donors (Lipinski definition) is 2. The highest BCUT2D eigenvalue weighted by atomic mass is 32.2. The van der Waals surface area contributed by atoms with Crippen molar-refractivity contribution in [2.24, 2.45) is 5.41 Å². The molecule has 6 nitrogen and oxygen atoms in total. The number of carbonyl (C=O) groups excluding carboxylic acids is 2. The molecule has 0 atom stereocenters. The molecule has 25 heavy (non-hydrogen) atoms. The second-order valence-electron chi connectivity index (χ2n) is 6.04. The fraction of sp³-hybridized carbons (Fsp3) is 0.333. The Hall–Kier alpha value is -2.07. The molecule has 2 N–H and O–H groups in total. The van der Waals surface area contributed by atoms with Crippen LogP contribution in [0, 0.1) is 17.0 Å². The van der Waals surface area contributed by atoms with Gasteiger partial charge in [0.05, 0.1) is 11.4 Å². The summed E-state index contributed by atoms with van der Waals surface area (Å²) >= 11 is 2.23. The maximum absolute atomic E-state index is 13.5. The van der Waals surface area contributed by atoms with E-state index in [-0.39, 0.29) is 17.3 Å². The average Bonchev–Trinajstić information content (AvgIpc) is 2.95. The molecule has 10 heteroatoms. The normalized spacial score (nSPS) is 11.2. The molecule has 1 heterocycles. The van der Waals surface area contributed by atoms with E-state index in [4.69, 9.17) is 0 Å². The largest absolute Gasteiger partial charge is 0.323 e. The SMILES string of the molecule is CC(C)(C)C(=O)Nc1nnc(SCC(=O)Nc2ccc(F)cc2F)s1. The molecule has 2 rings (SSSR count). The lowest BCUT2D eigenvalue weighted by Crippen LogP contribution is -2.27. The van der Waals surface area contributed by atoms with E-state index in [0.717, 1.165) is 35.2 Å². The Morgan fingerprint density at radius 2 is 1.92 bits per heavy atom. The van der Waals surface area contributed by atoms with Crippen LogP contribution in [0.1, 0.15) is 20.8 Å². The van der Waals surface area contributed by atoms with Gasteiger partial charge in [0.25, 0.3) is 0 Å². The molecule has 0 aliphatic carbocycles. The highest BCUT2D eigenvalue weighted by Crippen LogP contribution is 2.27. The van der Waals surface area contributed by atoms with E-state index in [9.17, 15) is 18.4 Å². The first-order valence-electron chi connectivity index (χ1n) is 7.18. The molecule has 134 valence electrons. The Morgan fingerprint density at radius 1 is 1.20 bits per heavy atom. The van der Waals surface area contributed by atoms with E-state index < -0.39 is 23.0 Å². The van der Waals surface area contributed by atoms with Crippen LogP contribution in [0.3, 0.4) is 0 Å². The second-order valence-corrected chi connectivity index (χ2v) is 8.24. The summed E-state index contributed by atoms with van der Waals surface area (Å²) < 4.78 is 26.8. The number of benzene rings is 1. The molecule has 1 aromatic heterocycles. The topological polar surface area (TPSA) is 84.0 Å². The lowest BCUT2D eigenvalue weighted by atomic mass is 9.96. The van der Waals surface area contributed by atoms with Gasteiger partial charge in [-0.3, -0.25) is 9.59 Å². The Morgan fingerprint density at radius 3 is 2.56 bits per heavy atom. The number of halogens is 2. The lowest BCUT2D eigenvalue weighted by molar-refractivity contribution is -0.123. The summed E-state index contributed by atoms with van der Waals surface area (Å²) in [5, 5.41) is 13.1. The highest BCUT2D eigenvalue weighted by Gasteiger charge is 2.22. The highest BCUT2D eigenvalue weighted by molar-refractivity contribution is 8.01. The van der Waals surface area contributed by atoms with Gasteiger partial charge in [-0.25, -0.2) is 8.78 Å². The number of rotatable bonds is 5. The number of nitrogens with zero attached hydrogens (tertiary/aromatic N) is 2. The molecule has 0 aliphatic rings. The van der Waals surface area contributed by atoms with Gasteiger partial charge in [0, 0.05) is 11.5 Å². The van der Waals surface area contributed by atoms with Gasteiger partial charge in [-0.2, -0.15) is 0 Å². The maximum atomic E-state index is 13.5. The number of amides is 2. The van der Waals surface area contributed by atoms with Gasteiger partial charge in [0.15, 0.2) is 4.34 Å². The Balaban J connectivity index is 1.87. The minimum absolute atomic E-state index is 0.0291. The Labute approximate surface area is 151 Å². The fourth-order valence-electron chi connectivity index (χ4n) is 1.51. The van der Waals surface area contributed by atoms with E-state index in [1.165, 1.54) is 0 Å². The van der Waals surface area contributed by atoms with Gasteiger partial charge in [-0.05, 0) is 12.1 Å². The predicted molar refractivity (Wildman–Crippen MR) is 93.7 cm³/mol. The van der Waals surface area contributed by atoms with Gasteiger partial charge >= 0.3 is 0 Å². The third-order valence-corrected chi connectivity index (χ3v) is 4.81. The van der Waals surface area contributed by atoms with E-state index >= 15 is 0 Å². The first kappa shape index (κ1) is 19.3. The minimum atomic E-state index is -0.846. The second kappa shape index (κ2) is 7.87. The zero-order valence-electron chi connectivity index (χ0n) is 13.7. The third kappa shape index (κ3) is 5.75. The van der Waals surface area contributed by atoms with E-state index in [0.29, 0.717) is 15.5 Å². The number of hydrogen-bond acceptors (Lipinski definition) is 6. The van der Waals surface area contributed by atoms with Crippen LogP contribution < -0.4 is 10.6 Å². The molecule has 0 radical (unpaired) electrons. The fourth-order valence-corrected chi connectivity index (χ4v) is 3.05. The molecule has 2 aromatic rings. The molecule has 0 spiro atoms. The maximum Gasteiger partial charge on any atom is 0.234 e. The summed E-state index contributed by atoms with van der Waals surface area (Å²) in [6.07, 6.45) is 0. The van der Waals surface area contributed by atoms with Gasteiger partial charge in [-0.1, -0.05) is 43.9 Å². The lowest BCUT2D eigenvalue weighted by Gasteiger charge is -2.15. The number of anilines is 2. The molecule has 0 bridgehead atoms.